The zero-order valence-corrected chi connectivity index (χ0v) is 20.9. The normalized spacial score (nSPS) is 10.8. The van der Waals surface area contributed by atoms with Gasteiger partial charge in [0.05, 0.1) is 34.5 Å². The highest BCUT2D eigenvalue weighted by Crippen LogP contribution is 2.37. The standard InChI is InChI=1S/C28H21BrFN3O3/c1-2-35-26-14-19(16-32-33-28(34)23-11-10-18(15-31)13-25(23)30)12-24(29)27(26)36-17-21-8-5-7-20-6-3-4-9-22(20)21/h3-14,16H,2,17H2,1H3,(H,33,34)/b32-16-. The molecule has 0 bridgehead atoms. The molecule has 0 spiro atoms. The molecule has 1 amide bonds. The Hall–Kier alpha value is -4.22. The third-order valence-electron chi connectivity index (χ3n) is 5.31. The van der Waals surface area contributed by atoms with E-state index in [1.807, 2.05) is 37.3 Å². The molecule has 0 heterocycles. The van der Waals surface area contributed by atoms with Gasteiger partial charge in [0.1, 0.15) is 12.4 Å². The Morgan fingerprint density at radius 2 is 1.92 bits per heavy atom. The summed E-state index contributed by atoms with van der Waals surface area (Å²) in [5.41, 5.74) is 3.89. The van der Waals surface area contributed by atoms with Crippen molar-refractivity contribution in [1.29, 1.82) is 5.26 Å². The Labute approximate surface area is 216 Å². The zero-order valence-electron chi connectivity index (χ0n) is 19.3. The average molecular weight is 546 g/mol. The molecule has 1 N–H and O–H groups in total. The first-order valence-electron chi connectivity index (χ1n) is 11.1. The number of nitriles is 1. The van der Waals surface area contributed by atoms with Crippen LogP contribution in [0.15, 0.2) is 82.4 Å². The van der Waals surface area contributed by atoms with Gasteiger partial charge in [0.15, 0.2) is 11.5 Å². The number of hydrazone groups is 1. The van der Waals surface area contributed by atoms with Gasteiger partial charge in [-0.05, 0) is 75.1 Å². The molecule has 0 radical (unpaired) electrons. The van der Waals surface area contributed by atoms with Crippen LogP contribution in [0.4, 0.5) is 4.39 Å². The fraction of sp³-hybridized carbons (Fsp3) is 0.107. The van der Waals surface area contributed by atoms with Gasteiger partial charge in [-0.1, -0.05) is 42.5 Å². The number of halogens is 2. The minimum Gasteiger partial charge on any atom is -0.490 e. The molecular formula is C28H21BrFN3O3. The van der Waals surface area contributed by atoms with E-state index < -0.39 is 11.7 Å². The van der Waals surface area contributed by atoms with Crippen LogP contribution >= 0.6 is 15.9 Å². The van der Waals surface area contributed by atoms with Gasteiger partial charge in [0.25, 0.3) is 5.91 Å². The lowest BCUT2D eigenvalue weighted by molar-refractivity contribution is 0.0951. The number of nitrogens with zero attached hydrogens (tertiary/aromatic N) is 2. The van der Waals surface area contributed by atoms with Crippen molar-refractivity contribution in [3.05, 3.63) is 105 Å². The second kappa shape index (κ2) is 11.5. The maximum absolute atomic E-state index is 14.1. The summed E-state index contributed by atoms with van der Waals surface area (Å²) >= 11 is 3.54. The third kappa shape index (κ3) is 5.70. The molecule has 0 saturated heterocycles. The smallest absolute Gasteiger partial charge is 0.274 e. The van der Waals surface area contributed by atoms with E-state index in [0.29, 0.717) is 34.7 Å². The molecule has 0 saturated carbocycles. The minimum atomic E-state index is -0.796. The van der Waals surface area contributed by atoms with Crippen LogP contribution in [0.2, 0.25) is 0 Å². The number of hydrogen-bond donors (Lipinski definition) is 1. The van der Waals surface area contributed by atoms with E-state index >= 15 is 0 Å². The molecule has 4 aromatic rings. The van der Waals surface area contributed by atoms with E-state index in [2.05, 4.69) is 44.7 Å². The highest BCUT2D eigenvalue weighted by Gasteiger charge is 2.14. The van der Waals surface area contributed by atoms with Gasteiger partial charge in [-0.15, -0.1) is 0 Å². The summed E-state index contributed by atoms with van der Waals surface area (Å²) in [6.45, 7) is 2.64. The molecule has 0 aliphatic heterocycles. The summed E-state index contributed by atoms with van der Waals surface area (Å²) < 4.78 is 26.6. The lowest BCUT2D eigenvalue weighted by Gasteiger charge is -2.15. The molecule has 0 aliphatic carbocycles. The molecule has 6 nitrogen and oxygen atoms in total. The fourth-order valence-electron chi connectivity index (χ4n) is 3.63. The number of carbonyl (C=O) groups excluding carboxylic acids is 1. The van der Waals surface area contributed by atoms with Crippen molar-refractivity contribution in [3.63, 3.8) is 0 Å². The van der Waals surface area contributed by atoms with Gasteiger partial charge in [0, 0.05) is 0 Å². The summed E-state index contributed by atoms with van der Waals surface area (Å²) in [5, 5.41) is 15.0. The summed E-state index contributed by atoms with van der Waals surface area (Å²) in [5.74, 6) is -0.466. The van der Waals surface area contributed by atoms with Crippen LogP contribution in [-0.2, 0) is 6.61 Å². The fourth-order valence-corrected chi connectivity index (χ4v) is 4.20. The summed E-state index contributed by atoms with van der Waals surface area (Å²) in [6, 6.07) is 23.1. The first-order chi connectivity index (χ1) is 17.5. The second-order valence-electron chi connectivity index (χ2n) is 7.70. The third-order valence-corrected chi connectivity index (χ3v) is 5.90. The van der Waals surface area contributed by atoms with Crippen molar-refractivity contribution < 1.29 is 18.7 Å². The first kappa shape index (κ1) is 24.9. The van der Waals surface area contributed by atoms with Gasteiger partial charge >= 0.3 is 0 Å². The molecular weight excluding hydrogens is 525 g/mol. The quantitative estimate of drug-likeness (QED) is 0.206. The Morgan fingerprint density at radius 1 is 1.11 bits per heavy atom. The molecule has 0 aromatic heterocycles. The number of nitrogens with one attached hydrogen (secondary N) is 1. The Balaban J connectivity index is 1.50. The lowest BCUT2D eigenvalue weighted by Crippen LogP contribution is -2.19. The second-order valence-corrected chi connectivity index (χ2v) is 8.55. The maximum Gasteiger partial charge on any atom is 0.274 e. The highest BCUT2D eigenvalue weighted by atomic mass is 79.9. The lowest BCUT2D eigenvalue weighted by atomic mass is 10.1. The number of hydrogen-bond acceptors (Lipinski definition) is 5. The number of ether oxygens (including phenoxy) is 2. The van der Waals surface area contributed by atoms with Crippen LogP contribution in [0.25, 0.3) is 10.8 Å². The number of fused-ring (bicyclic) bond motifs is 1. The zero-order chi connectivity index (χ0) is 25.5. The molecule has 0 fully saturated rings. The van der Waals surface area contributed by atoms with E-state index in [9.17, 15) is 9.18 Å². The van der Waals surface area contributed by atoms with Gasteiger partial charge < -0.3 is 9.47 Å². The molecule has 4 aromatic carbocycles. The van der Waals surface area contributed by atoms with Gasteiger partial charge in [-0.3, -0.25) is 4.79 Å². The van der Waals surface area contributed by atoms with Gasteiger partial charge in [0.2, 0.25) is 0 Å². The van der Waals surface area contributed by atoms with Crippen molar-refractivity contribution >= 4 is 38.8 Å². The van der Waals surface area contributed by atoms with Crippen molar-refractivity contribution in [2.75, 3.05) is 6.61 Å². The summed E-state index contributed by atoms with van der Waals surface area (Å²) in [6.07, 6.45) is 1.42. The van der Waals surface area contributed by atoms with E-state index in [0.717, 1.165) is 22.4 Å². The molecule has 180 valence electrons. The molecule has 0 atom stereocenters. The average Bonchev–Trinajstić information content (AvgIpc) is 2.88. The molecule has 8 heteroatoms. The predicted molar refractivity (Wildman–Crippen MR) is 140 cm³/mol. The van der Waals surface area contributed by atoms with Gasteiger partial charge in [-0.25, -0.2) is 9.82 Å². The monoisotopic (exact) mass is 545 g/mol. The number of rotatable bonds is 8. The molecule has 4 rings (SSSR count). The molecule has 36 heavy (non-hydrogen) atoms. The Bertz CT molecular complexity index is 1490. The van der Waals surface area contributed by atoms with Crippen molar-refractivity contribution in [2.24, 2.45) is 5.10 Å². The van der Waals surface area contributed by atoms with E-state index in [1.54, 1.807) is 12.1 Å². The topological polar surface area (TPSA) is 83.7 Å². The van der Waals surface area contributed by atoms with E-state index in [1.165, 1.54) is 18.3 Å². The van der Waals surface area contributed by atoms with Crippen LogP contribution < -0.4 is 14.9 Å². The van der Waals surface area contributed by atoms with Crippen molar-refractivity contribution in [1.82, 2.24) is 5.43 Å². The van der Waals surface area contributed by atoms with Crippen molar-refractivity contribution in [3.8, 4) is 17.6 Å². The van der Waals surface area contributed by atoms with Crippen LogP contribution in [0.5, 0.6) is 11.5 Å². The number of amides is 1. The number of benzene rings is 4. The van der Waals surface area contributed by atoms with Crippen LogP contribution in [-0.4, -0.2) is 18.7 Å². The Kier molecular flexibility index (Phi) is 7.93. The van der Waals surface area contributed by atoms with E-state index in [-0.39, 0.29) is 11.1 Å². The largest absolute Gasteiger partial charge is 0.490 e. The van der Waals surface area contributed by atoms with E-state index in [4.69, 9.17) is 14.7 Å². The van der Waals surface area contributed by atoms with Crippen LogP contribution in [0, 0.1) is 17.1 Å². The van der Waals surface area contributed by atoms with Crippen molar-refractivity contribution in [2.45, 2.75) is 13.5 Å². The predicted octanol–water partition coefficient (Wildman–Crippen LogP) is 6.35. The summed E-state index contributed by atoms with van der Waals surface area (Å²) in [4.78, 5) is 12.3. The first-order valence-corrected chi connectivity index (χ1v) is 11.9. The maximum atomic E-state index is 14.1. The molecule has 0 unspecified atom stereocenters. The minimum absolute atomic E-state index is 0.128. The number of carbonyl (C=O) groups is 1. The van der Waals surface area contributed by atoms with Crippen LogP contribution in [0.1, 0.15) is 34.0 Å². The van der Waals surface area contributed by atoms with Gasteiger partial charge in [-0.2, -0.15) is 10.4 Å². The molecule has 0 aliphatic rings. The Morgan fingerprint density at radius 3 is 2.69 bits per heavy atom. The van der Waals surface area contributed by atoms with Crippen LogP contribution in [0.3, 0.4) is 0 Å². The summed E-state index contributed by atoms with van der Waals surface area (Å²) in [7, 11) is 0. The SMILES string of the molecule is CCOc1cc(/C=N\NC(=O)c2ccc(C#N)cc2F)cc(Br)c1OCc1cccc2ccccc12. The highest BCUT2D eigenvalue weighted by molar-refractivity contribution is 9.10.